The maximum absolute atomic E-state index is 12.5. The van der Waals surface area contributed by atoms with E-state index < -0.39 is 23.5 Å². The number of aryl methyl sites for hydroxylation is 1. The SMILES string of the molecule is O=C(O)CCSC(CCCc1ccccc1)c1ccc(OCCCOc2ccc(C(=O)C(F)(F)F)cc2)cc1. The summed E-state index contributed by atoms with van der Waals surface area (Å²) in [6, 6.07) is 23.0. The Morgan fingerprint density at radius 1 is 0.821 bits per heavy atom. The molecule has 0 aliphatic heterocycles. The van der Waals surface area contributed by atoms with E-state index in [2.05, 4.69) is 12.1 Å². The Morgan fingerprint density at radius 3 is 1.97 bits per heavy atom. The monoisotopic (exact) mass is 560 g/mol. The van der Waals surface area contributed by atoms with Crippen LogP contribution in [0, 0.1) is 0 Å². The van der Waals surface area contributed by atoms with Crippen molar-refractivity contribution in [3.8, 4) is 11.5 Å². The first-order valence-corrected chi connectivity index (χ1v) is 13.7. The van der Waals surface area contributed by atoms with Gasteiger partial charge in [0, 0.05) is 23.0 Å². The van der Waals surface area contributed by atoms with Gasteiger partial charge in [-0.15, -0.1) is 0 Å². The van der Waals surface area contributed by atoms with E-state index in [-0.39, 0.29) is 11.7 Å². The summed E-state index contributed by atoms with van der Waals surface area (Å²) in [6.45, 7) is 0.687. The summed E-state index contributed by atoms with van der Waals surface area (Å²) < 4.78 is 48.8. The fraction of sp³-hybridized carbons (Fsp3) is 0.333. The van der Waals surface area contributed by atoms with Gasteiger partial charge in [0.1, 0.15) is 11.5 Å². The van der Waals surface area contributed by atoms with Crippen LogP contribution in [0.2, 0.25) is 0 Å². The number of hydrogen-bond donors (Lipinski definition) is 1. The largest absolute Gasteiger partial charge is 0.493 e. The Hall–Kier alpha value is -3.46. The van der Waals surface area contributed by atoms with Crippen LogP contribution in [0.3, 0.4) is 0 Å². The van der Waals surface area contributed by atoms with Gasteiger partial charge >= 0.3 is 12.1 Å². The van der Waals surface area contributed by atoms with Crippen molar-refractivity contribution in [3.05, 3.63) is 95.6 Å². The van der Waals surface area contributed by atoms with Crippen molar-refractivity contribution in [2.75, 3.05) is 19.0 Å². The average molecular weight is 561 g/mol. The number of aliphatic carboxylic acids is 1. The predicted molar refractivity (Wildman–Crippen MR) is 146 cm³/mol. The molecule has 0 saturated carbocycles. The van der Waals surface area contributed by atoms with Gasteiger partial charge in [0.05, 0.1) is 19.6 Å². The highest BCUT2D eigenvalue weighted by Crippen LogP contribution is 2.35. The molecule has 208 valence electrons. The van der Waals surface area contributed by atoms with Gasteiger partial charge in [0.15, 0.2) is 0 Å². The highest BCUT2D eigenvalue weighted by Gasteiger charge is 2.39. The molecule has 1 atom stereocenters. The van der Waals surface area contributed by atoms with Crippen molar-refractivity contribution in [1.29, 1.82) is 0 Å². The van der Waals surface area contributed by atoms with E-state index in [9.17, 15) is 22.8 Å². The lowest BCUT2D eigenvalue weighted by molar-refractivity contribution is -0.136. The first kappa shape index (κ1) is 30.1. The van der Waals surface area contributed by atoms with Crippen molar-refractivity contribution < 1.29 is 37.3 Å². The highest BCUT2D eigenvalue weighted by molar-refractivity contribution is 7.99. The van der Waals surface area contributed by atoms with Crippen LogP contribution < -0.4 is 9.47 Å². The first-order valence-electron chi connectivity index (χ1n) is 12.7. The summed E-state index contributed by atoms with van der Waals surface area (Å²) in [7, 11) is 0. The molecule has 0 aliphatic rings. The quantitative estimate of drug-likeness (QED) is 0.144. The minimum Gasteiger partial charge on any atom is -0.493 e. The number of benzene rings is 3. The normalized spacial score (nSPS) is 12.1. The molecule has 0 fully saturated rings. The summed E-state index contributed by atoms with van der Waals surface area (Å²) in [6.07, 6.45) is -1.33. The third-order valence-corrected chi connectivity index (χ3v) is 7.21. The molecule has 1 N–H and O–H groups in total. The summed E-state index contributed by atoms with van der Waals surface area (Å²) >= 11 is 1.66. The van der Waals surface area contributed by atoms with Crippen LogP contribution >= 0.6 is 11.8 Å². The fourth-order valence-corrected chi connectivity index (χ4v) is 5.11. The van der Waals surface area contributed by atoms with E-state index in [1.54, 1.807) is 11.8 Å². The summed E-state index contributed by atoms with van der Waals surface area (Å²) in [4.78, 5) is 22.2. The molecule has 0 saturated heterocycles. The van der Waals surface area contributed by atoms with Crippen LogP contribution in [0.5, 0.6) is 11.5 Å². The van der Waals surface area contributed by atoms with Crippen LogP contribution in [0.4, 0.5) is 13.2 Å². The number of thioether (sulfide) groups is 1. The van der Waals surface area contributed by atoms with E-state index >= 15 is 0 Å². The second-order valence-electron chi connectivity index (χ2n) is 8.85. The van der Waals surface area contributed by atoms with Gasteiger partial charge < -0.3 is 14.6 Å². The summed E-state index contributed by atoms with van der Waals surface area (Å²) in [5, 5.41) is 9.20. The lowest BCUT2D eigenvalue weighted by atomic mass is 10.0. The Kier molecular flexibility index (Phi) is 11.7. The predicted octanol–water partition coefficient (Wildman–Crippen LogP) is 7.55. The molecule has 0 aliphatic carbocycles. The molecule has 3 aromatic carbocycles. The molecule has 1 unspecified atom stereocenters. The maximum atomic E-state index is 12.5. The summed E-state index contributed by atoms with van der Waals surface area (Å²) in [5.74, 6) is -1.06. The van der Waals surface area contributed by atoms with Gasteiger partial charge in [0.2, 0.25) is 0 Å². The highest BCUT2D eigenvalue weighted by atomic mass is 32.2. The molecular formula is C30H31F3O5S. The fourth-order valence-electron chi connectivity index (χ4n) is 3.85. The maximum Gasteiger partial charge on any atom is 0.454 e. The third-order valence-electron chi connectivity index (χ3n) is 5.86. The molecule has 9 heteroatoms. The molecule has 0 radical (unpaired) electrons. The Morgan fingerprint density at radius 2 is 1.41 bits per heavy atom. The number of Topliss-reactive ketones (excluding diaryl/α,β-unsaturated/α-hetero) is 1. The molecule has 0 heterocycles. The van der Waals surface area contributed by atoms with Crippen molar-refractivity contribution in [2.45, 2.75) is 43.5 Å². The van der Waals surface area contributed by atoms with E-state index in [1.165, 1.54) is 17.7 Å². The zero-order valence-electron chi connectivity index (χ0n) is 21.4. The summed E-state index contributed by atoms with van der Waals surface area (Å²) in [5.41, 5.74) is 1.98. The Balaban J connectivity index is 1.43. The van der Waals surface area contributed by atoms with Gasteiger partial charge in [-0.1, -0.05) is 42.5 Å². The van der Waals surface area contributed by atoms with Gasteiger partial charge in [0.25, 0.3) is 5.78 Å². The second kappa shape index (κ2) is 15.2. The van der Waals surface area contributed by atoms with Crippen molar-refractivity contribution >= 4 is 23.5 Å². The molecule has 0 spiro atoms. The number of alkyl halides is 3. The van der Waals surface area contributed by atoms with Gasteiger partial charge in [-0.3, -0.25) is 9.59 Å². The molecule has 3 rings (SSSR count). The number of carbonyl (C=O) groups excluding carboxylic acids is 1. The number of ketones is 1. The lowest BCUT2D eigenvalue weighted by Gasteiger charge is -2.17. The zero-order valence-corrected chi connectivity index (χ0v) is 22.2. The van der Waals surface area contributed by atoms with Gasteiger partial charge in [-0.25, -0.2) is 0 Å². The zero-order chi connectivity index (χ0) is 28.1. The number of hydrogen-bond acceptors (Lipinski definition) is 5. The number of carboxylic acids is 1. The van der Waals surface area contributed by atoms with Crippen molar-refractivity contribution in [3.63, 3.8) is 0 Å². The minimum atomic E-state index is -4.90. The van der Waals surface area contributed by atoms with Crippen molar-refractivity contribution in [2.24, 2.45) is 0 Å². The molecule has 0 aromatic heterocycles. The molecule has 3 aromatic rings. The van der Waals surface area contributed by atoms with E-state index in [4.69, 9.17) is 14.6 Å². The van der Waals surface area contributed by atoms with E-state index in [1.807, 2.05) is 42.5 Å². The Bertz CT molecular complexity index is 1170. The van der Waals surface area contributed by atoms with Gasteiger partial charge in [-0.2, -0.15) is 24.9 Å². The molecule has 0 amide bonds. The van der Waals surface area contributed by atoms with E-state index in [0.717, 1.165) is 37.0 Å². The van der Waals surface area contributed by atoms with Crippen LogP contribution in [0.25, 0.3) is 0 Å². The van der Waals surface area contributed by atoms with Crippen LogP contribution in [-0.4, -0.2) is 42.0 Å². The molecular weight excluding hydrogens is 529 g/mol. The molecule has 5 nitrogen and oxygen atoms in total. The molecule has 39 heavy (non-hydrogen) atoms. The third kappa shape index (κ3) is 10.7. The topological polar surface area (TPSA) is 72.8 Å². The van der Waals surface area contributed by atoms with Crippen molar-refractivity contribution in [1.82, 2.24) is 0 Å². The van der Waals surface area contributed by atoms with Crippen LogP contribution in [0.1, 0.15) is 52.4 Å². The van der Waals surface area contributed by atoms with Crippen LogP contribution in [-0.2, 0) is 11.2 Å². The first-order chi connectivity index (χ1) is 18.7. The second-order valence-corrected chi connectivity index (χ2v) is 10.2. The standard InChI is InChI=1S/C30H31F3O5S/c31-30(32,33)29(36)24-12-16-26(17-13-24)38-20-5-19-37-25-14-10-23(11-15-25)27(39-21-18-28(34)35)9-4-8-22-6-2-1-3-7-22/h1-3,6-7,10-17,27H,4-5,8-9,18-21H2,(H,34,35). The van der Waals surface area contributed by atoms with Gasteiger partial charge in [-0.05, 0) is 66.8 Å². The Labute approximate surface area is 230 Å². The number of carbonyl (C=O) groups is 2. The number of halogens is 3. The smallest absolute Gasteiger partial charge is 0.454 e. The lowest BCUT2D eigenvalue weighted by Crippen LogP contribution is -2.22. The minimum absolute atomic E-state index is 0.124. The molecule has 0 bridgehead atoms. The van der Waals surface area contributed by atoms with E-state index in [0.29, 0.717) is 36.9 Å². The number of rotatable bonds is 16. The number of ether oxygens (including phenoxy) is 2. The van der Waals surface area contributed by atoms with Crippen LogP contribution in [0.15, 0.2) is 78.9 Å². The average Bonchev–Trinajstić information content (AvgIpc) is 2.92. The number of carboxylic acid groups (broad SMARTS) is 1.